The van der Waals surface area contributed by atoms with Gasteiger partial charge in [0.05, 0.1) is 13.1 Å². The Kier molecular flexibility index (Phi) is 4.91. The summed E-state index contributed by atoms with van der Waals surface area (Å²) in [6.45, 7) is 4.19. The van der Waals surface area contributed by atoms with Crippen LogP contribution in [-0.4, -0.2) is 92.0 Å². The van der Waals surface area contributed by atoms with Crippen molar-refractivity contribution in [3.8, 4) is 0 Å². The van der Waals surface area contributed by atoms with Crippen molar-refractivity contribution in [1.82, 2.24) is 25.3 Å². The molecule has 20 heavy (non-hydrogen) atoms. The molecule has 2 fully saturated rings. The van der Waals surface area contributed by atoms with Crippen molar-refractivity contribution in [3.63, 3.8) is 0 Å². The highest BCUT2D eigenvalue weighted by atomic mass is 16.2. The molecule has 2 N–H and O–H groups in total. The first-order chi connectivity index (χ1) is 9.58. The number of piperazine rings is 1. The fourth-order valence-corrected chi connectivity index (χ4v) is 2.33. The van der Waals surface area contributed by atoms with Crippen LogP contribution >= 0.6 is 0 Å². The quantitative estimate of drug-likeness (QED) is 0.617. The van der Waals surface area contributed by atoms with Gasteiger partial charge in [-0.15, -0.1) is 0 Å². The number of rotatable bonds is 4. The third-order valence-electron chi connectivity index (χ3n) is 3.44. The van der Waals surface area contributed by atoms with Crippen molar-refractivity contribution < 1.29 is 14.4 Å². The molecule has 112 valence electrons. The maximum absolute atomic E-state index is 12.0. The highest BCUT2D eigenvalue weighted by molar-refractivity contribution is 5.96. The molecule has 2 saturated heterocycles. The smallest absolute Gasteiger partial charge is 0.324 e. The van der Waals surface area contributed by atoms with E-state index in [0.717, 1.165) is 13.1 Å². The Labute approximate surface area is 118 Å². The SMILES string of the molecule is CN(CC(=O)N1CCNCC1)CC(=O)N1CCNC1=O. The summed E-state index contributed by atoms with van der Waals surface area (Å²) in [5.74, 6) is -0.247. The molecular formula is C12H21N5O3. The largest absolute Gasteiger partial charge is 0.339 e. The van der Waals surface area contributed by atoms with E-state index in [2.05, 4.69) is 10.6 Å². The van der Waals surface area contributed by atoms with Gasteiger partial charge in [-0.2, -0.15) is 0 Å². The van der Waals surface area contributed by atoms with Gasteiger partial charge in [-0.25, -0.2) is 4.79 Å². The molecule has 8 heteroatoms. The molecule has 8 nitrogen and oxygen atoms in total. The van der Waals surface area contributed by atoms with Crippen LogP contribution in [0.1, 0.15) is 0 Å². The second-order valence-corrected chi connectivity index (χ2v) is 5.08. The summed E-state index contributed by atoms with van der Waals surface area (Å²) >= 11 is 0. The Morgan fingerprint density at radius 3 is 2.35 bits per heavy atom. The van der Waals surface area contributed by atoms with Crippen molar-refractivity contribution >= 4 is 17.8 Å². The number of nitrogens with one attached hydrogen (secondary N) is 2. The number of urea groups is 1. The molecule has 2 heterocycles. The third-order valence-corrected chi connectivity index (χ3v) is 3.44. The molecule has 0 radical (unpaired) electrons. The van der Waals surface area contributed by atoms with Crippen LogP contribution < -0.4 is 10.6 Å². The van der Waals surface area contributed by atoms with E-state index >= 15 is 0 Å². The lowest BCUT2D eigenvalue weighted by atomic mass is 10.3. The number of likely N-dealkylation sites (N-methyl/N-ethyl adjacent to an activating group) is 1. The molecule has 4 amide bonds. The second kappa shape index (κ2) is 6.67. The molecule has 2 aliphatic heterocycles. The molecule has 0 unspecified atom stereocenters. The van der Waals surface area contributed by atoms with E-state index in [1.807, 2.05) is 0 Å². The minimum absolute atomic E-state index is 0.0210. The highest BCUT2D eigenvalue weighted by Gasteiger charge is 2.27. The fraction of sp³-hybridized carbons (Fsp3) is 0.750. The average Bonchev–Trinajstić information content (AvgIpc) is 2.86. The van der Waals surface area contributed by atoms with Gasteiger partial charge < -0.3 is 15.5 Å². The summed E-state index contributed by atoms with van der Waals surface area (Å²) in [5.41, 5.74) is 0. The zero-order valence-corrected chi connectivity index (χ0v) is 11.7. The van der Waals surface area contributed by atoms with E-state index in [-0.39, 0.29) is 30.9 Å². The predicted molar refractivity (Wildman–Crippen MR) is 72.1 cm³/mol. The Morgan fingerprint density at radius 2 is 1.75 bits per heavy atom. The Hall–Kier alpha value is -1.67. The van der Waals surface area contributed by atoms with Crippen LogP contribution in [0, 0.1) is 0 Å². The normalized spacial score (nSPS) is 19.4. The van der Waals surface area contributed by atoms with E-state index in [4.69, 9.17) is 0 Å². The molecular weight excluding hydrogens is 262 g/mol. The van der Waals surface area contributed by atoms with Gasteiger partial charge in [0.15, 0.2) is 0 Å². The second-order valence-electron chi connectivity index (χ2n) is 5.08. The van der Waals surface area contributed by atoms with Gasteiger partial charge in [0.25, 0.3) is 0 Å². The summed E-state index contributed by atoms with van der Waals surface area (Å²) in [6.07, 6.45) is 0. The maximum Gasteiger partial charge on any atom is 0.324 e. The molecule has 0 aromatic heterocycles. The number of nitrogens with zero attached hydrogens (tertiary/aromatic N) is 3. The predicted octanol–water partition coefficient (Wildman–Crippen LogP) is -2.10. The summed E-state index contributed by atoms with van der Waals surface area (Å²) in [5, 5.41) is 5.77. The molecule has 0 saturated carbocycles. The first-order valence-electron chi connectivity index (χ1n) is 6.83. The summed E-state index contributed by atoms with van der Waals surface area (Å²) in [6, 6.07) is -0.350. The van der Waals surface area contributed by atoms with Crippen molar-refractivity contribution in [3.05, 3.63) is 0 Å². The topological polar surface area (TPSA) is 85.0 Å². The number of amides is 4. The monoisotopic (exact) mass is 283 g/mol. The van der Waals surface area contributed by atoms with Crippen LogP contribution in [0.4, 0.5) is 4.79 Å². The minimum Gasteiger partial charge on any atom is -0.339 e. The lowest BCUT2D eigenvalue weighted by Crippen LogP contribution is -2.50. The van der Waals surface area contributed by atoms with Gasteiger partial charge in [0.1, 0.15) is 0 Å². The number of hydrogen-bond acceptors (Lipinski definition) is 5. The van der Waals surface area contributed by atoms with Gasteiger partial charge in [0, 0.05) is 39.3 Å². The lowest BCUT2D eigenvalue weighted by Gasteiger charge is -2.29. The van der Waals surface area contributed by atoms with Crippen LogP contribution in [0.15, 0.2) is 0 Å². The third kappa shape index (κ3) is 3.67. The fourth-order valence-electron chi connectivity index (χ4n) is 2.33. The molecule has 0 aromatic rings. The lowest BCUT2D eigenvalue weighted by molar-refractivity contribution is -0.134. The highest BCUT2D eigenvalue weighted by Crippen LogP contribution is 2.00. The summed E-state index contributed by atoms with van der Waals surface area (Å²) in [4.78, 5) is 39.9. The van der Waals surface area contributed by atoms with Crippen LogP contribution in [0.5, 0.6) is 0 Å². The number of hydrogen-bond donors (Lipinski definition) is 2. The molecule has 2 rings (SSSR count). The molecule has 2 aliphatic rings. The van der Waals surface area contributed by atoms with Gasteiger partial charge in [-0.1, -0.05) is 0 Å². The Balaban J connectivity index is 1.76. The first kappa shape index (κ1) is 14.7. The number of carbonyl (C=O) groups is 3. The average molecular weight is 283 g/mol. The first-order valence-corrected chi connectivity index (χ1v) is 6.83. The Bertz CT molecular complexity index is 395. The van der Waals surface area contributed by atoms with E-state index in [9.17, 15) is 14.4 Å². The molecule has 0 atom stereocenters. The van der Waals surface area contributed by atoms with E-state index in [0.29, 0.717) is 26.2 Å². The van der Waals surface area contributed by atoms with Crippen LogP contribution in [0.2, 0.25) is 0 Å². The van der Waals surface area contributed by atoms with E-state index < -0.39 is 0 Å². The molecule has 0 aromatic carbocycles. The number of imide groups is 1. The van der Waals surface area contributed by atoms with Crippen LogP contribution in [0.25, 0.3) is 0 Å². The standard InChI is InChI=1S/C12H21N5O3/c1-15(8-10(18)16-5-2-13-3-6-16)9-11(19)17-7-4-14-12(17)20/h13H,2-9H2,1H3,(H,14,20). The maximum atomic E-state index is 12.0. The molecule has 0 spiro atoms. The summed E-state index contributed by atoms with van der Waals surface area (Å²) in [7, 11) is 1.71. The van der Waals surface area contributed by atoms with Crippen molar-refractivity contribution in [1.29, 1.82) is 0 Å². The van der Waals surface area contributed by atoms with E-state index in [1.54, 1.807) is 16.8 Å². The van der Waals surface area contributed by atoms with Gasteiger partial charge in [-0.3, -0.25) is 19.4 Å². The molecule has 0 aliphatic carbocycles. The van der Waals surface area contributed by atoms with E-state index in [1.165, 1.54) is 4.90 Å². The van der Waals surface area contributed by atoms with Gasteiger partial charge >= 0.3 is 6.03 Å². The number of carbonyl (C=O) groups excluding carboxylic acids is 3. The van der Waals surface area contributed by atoms with Crippen molar-refractivity contribution in [2.24, 2.45) is 0 Å². The zero-order chi connectivity index (χ0) is 14.5. The van der Waals surface area contributed by atoms with Crippen LogP contribution in [-0.2, 0) is 9.59 Å². The van der Waals surface area contributed by atoms with Crippen molar-refractivity contribution in [2.75, 3.05) is 59.4 Å². The van der Waals surface area contributed by atoms with Gasteiger partial charge in [0.2, 0.25) is 11.8 Å². The Morgan fingerprint density at radius 1 is 1.10 bits per heavy atom. The zero-order valence-electron chi connectivity index (χ0n) is 11.7. The summed E-state index contributed by atoms with van der Waals surface area (Å²) < 4.78 is 0. The molecule has 0 bridgehead atoms. The van der Waals surface area contributed by atoms with Crippen LogP contribution in [0.3, 0.4) is 0 Å². The minimum atomic E-state index is -0.350. The van der Waals surface area contributed by atoms with Gasteiger partial charge in [-0.05, 0) is 7.05 Å². The van der Waals surface area contributed by atoms with Crippen molar-refractivity contribution in [2.45, 2.75) is 0 Å².